The molecule has 0 unspecified atom stereocenters. The number of carboxylic acids is 1. The number of carbonyl (C=O) groups is 1. The van der Waals surface area contributed by atoms with Crippen molar-refractivity contribution in [3.8, 4) is 0 Å². The molecule has 114 valence electrons. The van der Waals surface area contributed by atoms with Gasteiger partial charge in [0.05, 0.1) is 5.75 Å². The highest BCUT2D eigenvalue weighted by Gasteiger charge is 2.18. The van der Waals surface area contributed by atoms with Crippen LogP contribution in [0.1, 0.15) is 46.5 Å². The van der Waals surface area contributed by atoms with Crippen LogP contribution in [0, 0.1) is 5.41 Å². The van der Waals surface area contributed by atoms with Crippen LogP contribution in [0.25, 0.3) is 0 Å². The van der Waals surface area contributed by atoms with Crippen LogP contribution >= 0.6 is 0 Å². The average Bonchev–Trinajstić information content (AvgIpc) is 2.25. The maximum absolute atomic E-state index is 11.5. The van der Waals surface area contributed by atoms with Gasteiger partial charge >= 0.3 is 5.97 Å². The fourth-order valence-corrected chi connectivity index (χ4v) is 3.04. The summed E-state index contributed by atoms with van der Waals surface area (Å²) in [7, 11) is -2.91. The molecule has 0 amide bonds. The van der Waals surface area contributed by atoms with Gasteiger partial charge in [-0.25, -0.2) is 8.42 Å². The van der Waals surface area contributed by atoms with Crippen molar-refractivity contribution in [1.82, 2.24) is 5.32 Å². The number of rotatable bonds is 11. The first-order chi connectivity index (χ1) is 8.68. The molecule has 0 radical (unpaired) electrons. The molecule has 0 spiro atoms. The number of nitrogens with one attached hydrogen (secondary N) is 1. The second-order valence-electron chi connectivity index (χ2n) is 5.71. The second kappa shape index (κ2) is 8.53. The van der Waals surface area contributed by atoms with E-state index < -0.39 is 15.8 Å². The summed E-state index contributed by atoms with van der Waals surface area (Å²) in [5, 5.41) is 11.8. The summed E-state index contributed by atoms with van der Waals surface area (Å²) in [6, 6.07) is 0. The second-order valence-corrected chi connectivity index (χ2v) is 8.01. The van der Waals surface area contributed by atoms with E-state index in [1.54, 1.807) is 0 Å². The first-order valence-corrected chi connectivity index (χ1v) is 8.63. The van der Waals surface area contributed by atoms with Crippen molar-refractivity contribution >= 4 is 15.8 Å². The van der Waals surface area contributed by atoms with Gasteiger partial charge in [0.25, 0.3) is 0 Å². The van der Waals surface area contributed by atoms with E-state index in [1.807, 2.05) is 20.8 Å². The van der Waals surface area contributed by atoms with E-state index in [4.69, 9.17) is 5.11 Å². The lowest BCUT2D eigenvalue weighted by Crippen LogP contribution is -2.28. The van der Waals surface area contributed by atoms with Crippen molar-refractivity contribution < 1.29 is 18.3 Å². The normalized spacial score (nSPS) is 12.6. The molecular weight excluding hydrogens is 266 g/mol. The molecule has 0 heterocycles. The van der Waals surface area contributed by atoms with E-state index in [1.165, 1.54) is 0 Å². The van der Waals surface area contributed by atoms with Crippen molar-refractivity contribution in [1.29, 1.82) is 0 Å². The zero-order chi connectivity index (χ0) is 14.9. The average molecular weight is 293 g/mol. The number of aliphatic carboxylic acids is 1. The van der Waals surface area contributed by atoms with Gasteiger partial charge in [0.1, 0.15) is 0 Å². The summed E-state index contributed by atoms with van der Waals surface area (Å²) in [5.74, 6) is -0.346. The molecule has 0 atom stereocenters. The van der Waals surface area contributed by atoms with E-state index in [0.717, 1.165) is 6.42 Å². The third-order valence-electron chi connectivity index (χ3n) is 3.10. The Balaban J connectivity index is 3.76. The Hall–Kier alpha value is -0.620. The van der Waals surface area contributed by atoms with Crippen LogP contribution in [-0.2, 0) is 14.6 Å². The van der Waals surface area contributed by atoms with Crippen LogP contribution in [-0.4, -0.2) is 44.1 Å². The lowest BCUT2D eigenvalue weighted by atomic mass is 9.84. The Bertz CT molecular complexity index is 363. The van der Waals surface area contributed by atoms with Crippen molar-refractivity contribution in [2.24, 2.45) is 5.41 Å². The summed E-state index contributed by atoms with van der Waals surface area (Å²) < 4.78 is 22.9. The zero-order valence-electron chi connectivity index (χ0n) is 12.2. The highest BCUT2D eigenvalue weighted by atomic mass is 32.2. The van der Waals surface area contributed by atoms with E-state index in [9.17, 15) is 13.2 Å². The molecule has 19 heavy (non-hydrogen) atoms. The molecule has 0 aromatic rings. The van der Waals surface area contributed by atoms with Gasteiger partial charge in [-0.1, -0.05) is 20.8 Å². The largest absolute Gasteiger partial charge is 0.481 e. The standard InChI is InChI=1S/C13H27NO4S/c1-4-10-19(17,18)11-9-14-8-7-13(2,3)6-5-12(15)16/h14H,4-11H2,1-3H3,(H,15,16). The maximum atomic E-state index is 11.5. The highest BCUT2D eigenvalue weighted by Crippen LogP contribution is 2.25. The Morgan fingerprint density at radius 1 is 1.16 bits per heavy atom. The van der Waals surface area contributed by atoms with Gasteiger partial charge < -0.3 is 10.4 Å². The summed E-state index contributed by atoms with van der Waals surface area (Å²) in [4.78, 5) is 10.5. The molecule has 5 nitrogen and oxygen atoms in total. The molecule has 0 aliphatic heterocycles. The minimum Gasteiger partial charge on any atom is -0.481 e. The molecule has 0 aromatic heterocycles. The predicted molar refractivity (Wildman–Crippen MR) is 77.1 cm³/mol. The quantitative estimate of drug-likeness (QED) is 0.566. The van der Waals surface area contributed by atoms with Crippen molar-refractivity contribution in [3.05, 3.63) is 0 Å². The molecule has 0 rings (SSSR count). The van der Waals surface area contributed by atoms with Gasteiger partial charge in [-0.3, -0.25) is 4.79 Å². The monoisotopic (exact) mass is 293 g/mol. The van der Waals surface area contributed by atoms with Crippen molar-refractivity contribution in [2.45, 2.75) is 46.5 Å². The third-order valence-corrected chi connectivity index (χ3v) is 4.96. The first-order valence-electron chi connectivity index (χ1n) is 6.81. The third kappa shape index (κ3) is 10.9. The summed E-state index contributed by atoms with van der Waals surface area (Å²) >= 11 is 0. The van der Waals surface area contributed by atoms with Crippen LogP contribution in [0.2, 0.25) is 0 Å². The molecule has 0 aliphatic carbocycles. The zero-order valence-corrected chi connectivity index (χ0v) is 13.1. The Kier molecular flexibility index (Phi) is 8.25. The Labute approximate surface area is 116 Å². The van der Waals surface area contributed by atoms with E-state index in [0.29, 0.717) is 25.9 Å². The Morgan fingerprint density at radius 3 is 2.32 bits per heavy atom. The lowest BCUT2D eigenvalue weighted by molar-refractivity contribution is -0.137. The summed E-state index contributed by atoms with van der Waals surface area (Å²) in [6.07, 6.45) is 2.31. The van der Waals surface area contributed by atoms with Gasteiger partial charge in [0, 0.05) is 18.7 Å². The fraction of sp³-hybridized carbons (Fsp3) is 0.923. The molecule has 0 saturated carbocycles. The minimum atomic E-state index is -2.91. The number of hydrogen-bond donors (Lipinski definition) is 2. The first kappa shape index (κ1) is 18.4. The minimum absolute atomic E-state index is 0.0340. The smallest absolute Gasteiger partial charge is 0.303 e. The van der Waals surface area contributed by atoms with Crippen LogP contribution in [0.3, 0.4) is 0 Å². The van der Waals surface area contributed by atoms with Gasteiger partial charge in [0.15, 0.2) is 9.84 Å². The molecule has 0 fully saturated rings. The van der Waals surface area contributed by atoms with Crippen LogP contribution in [0.15, 0.2) is 0 Å². The van der Waals surface area contributed by atoms with Gasteiger partial charge in [-0.2, -0.15) is 0 Å². The molecule has 0 bridgehead atoms. The topological polar surface area (TPSA) is 83.5 Å². The fourth-order valence-electron chi connectivity index (χ4n) is 1.76. The SMILES string of the molecule is CCCS(=O)(=O)CCNCCC(C)(C)CCC(=O)O. The molecule has 0 saturated heterocycles. The van der Waals surface area contributed by atoms with Crippen LogP contribution in [0.4, 0.5) is 0 Å². The van der Waals surface area contributed by atoms with Crippen LogP contribution in [0.5, 0.6) is 0 Å². The summed E-state index contributed by atoms with van der Waals surface area (Å²) in [6.45, 7) is 7.11. The van der Waals surface area contributed by atoms with E-state index in [2.05, 4.69) is 5.32 Å². The lowest BCUT2D eigenvalue weighted by Gasteiger charge is -2.23. The van der Waals surface area contributed by atoms with E-state index >= 15 is 0 Å². The predicted octanol–water partition coefficient (Wildman–Crippen LogP) is 1.68. The van der Waals surface area contributed by atoms with Gasteiger partial charge in [0.2, 0.25) is 0 Å². The molecular formula is C13H27NO4S. The van der Waals surface area contributed by atoms with Gasteiger partial charge in [-0.15, -0.1) is 0 Å². The van der Waals surface area contributed by atoms with Gasteiger partial charge in [-0.05, 0) is 31.2 Å². The number of sulfone groups is 1. The molecule has 2 N–H and O–H groups in total. The van der Waals surface area contributed by atoms with Crippen molar-refractivity contribution in [3.63, 3.8) is 0 Å². The number of hydrogen-bond acceptors (Lipinski definition) is 4. The molecule has 0 aromatic carbocycles. The number of carboxylic acid groups (broad SMARTS) is 1. The molecule has 6 heteroatoms. The highest BCUT2D eigenvalue weighted by molar-refractivity contribution is 7.91. The summed E-state index contributed by atoms with van der Waals surface area (Å²) in [5.41, 5.74) is -0.0340. The molecule has 0 aliphatic rings. The van der Waals surface area contributed by atoms with E-state index in [-0.39, 0.29) is 23.3 Å². The Morgan fingerprint density at radius 2 is 1.79 bits per heavy atom. The van der Waals surface area contributed by atoms with Crippen LogP contribution < -0.4 is 5.32 Å². The maximum Gasteiger partial charge on any atom is 0.303 e. The van der Waals surface area contributed by atoms with Crippen molar-refractivity contribution in [2.75, 3.05) is 24.6 Å².